The van der Waals surface area contributed by atoms with Crippen LogP contribution < -0.4 is 0 Å². The van der Waals surface area contributed by atoms with Gasteiger partial charge in [0, 0.05) is 17.8 Å². The van der Waals surface area contributed by atoms with Crippen molar-refractivity contribution in [2.45, 2.75) is 97.4 Å². The minimum atomic E-state index is 0.507. The van der Waals surface area contributed by atoms with Gasteiger partial charge in [0.2, 0.25) is 0 Å². The Kier molecular flexibility index (Phi) is 6.14. The maximum atomic E-state index is 2.62. The Hall–Kier alpha value is -1.96. The summed E-state index contributed by atoms with van der Waals surface area (Å²) in [7, 11) is 0. The Morgan fingerprint density at radius 2 is 1.47 bits per heavy atom. The predicted molar refractivity (Wildman–Crippen MR) is 129 cm³/mol. The molecule has 0 aromatic heterocycles. The van der Waals surface area contributed by atoms with Crippen LogP contribution in [0.5, 0.6) is 0 Å². The number of rotatable bonds is 5. The molecule has 1 fully saturated rings. The molecule has 2 aliphatic heterocycles. The average Bonchev–Trinajstić information content (AvgIpc) is 3.17. The minimum absolute atomic E-state index is 0.507. The van der Waals surface area contributed by atoms with Crippen molar-refractivity contribution in [2.24, 2.45) is 0 Å². The van der Waals surface area contributed by atoms with Crippen molar-refractivity contribution in [3.63, 3.8) is 0 Å². The van der Waals surface area contributed by atoms with Gasteiger partial charge in [-0.05, 0) is 59.4 Å². The molecule has 1 saturated carbocycles. The standard InChI is InChI=1S/C28H40N2/c1-19(2)22-15-25(20(3)4)28(26(16-22)21(5)6)27-14-10-13-24-17-29(18-30(24)27)23-11-8-7-9-12-23/h10,13-17,19-21,23H,7-9,11-12,18H2,1-6H3. The molecule has 2 heteroatoms. The normalized spacial score (nSPS) is 19.8. The molecule has 0 radical (unpaired) electrons. The van der Waals surface area contributed by atoms with Crippen LogP contribution in [0.25, 0.3) is 5.70 Å². The first kappa shape index (κ1) is 21.3. The van der Waals surface area contributed by atoms with Gasteiger partial charge in [0.05, 0.1) is 18.1 Å². The molecular formula is C28H40N2. The molecule has 0 N–H and O–H groups in total. The highest BCUT2D eigenvalue weighted by Crippen LogP contribution is 2.41. The maximum Gasteiger partial charge on any atom is 0.0950 e. The first-order valence-electron chi connectivity index (χ1n) is 12.2. The topological polar surface area (TPSA) is 6.48 Å². The van der Waals surface area contributed by atoms with Gasteiger partial charge in [-0.1, -0.05) is 79.0 Å². The number of fused-ring (bicyclic) bond motifs is 1. The molecule has 0 bridgehead atoms. The third kappa shape index (κ3) is 3.98. The molecule has 30 heavy (non-hydrogen) atoms. The number of nitrogens with zero attached hydrogens (tertiary/aromatic N) is 2. The van der Waals surface area contributed by atoms with E-state index in [1.54, 1.807) is 0 Å². The number of hydrogen-bond acceptors (Lipinski definition) is 2. The molecule has 0 unspecified atom stereocenters. The Morgan fingerprint density at radius 3 is 2.03 bits per heavy atom. The van der Waals surface area contributed by atoms with Crippen molar-refractivity contribution in [3.8, 4) is 0 Å². The Labute approximate surface area is 184 Å². The highest BCUT2D eigenvalue weighted by Gasteiger charge is 2.32. The third-order valence-electron chi connectivity index (χ3n) is 7.16. The van der Waals surface area contributed by atoms with Crippen molar-refractivity contribution in [1.29, 1.82) is 0 Å². The first-order chi connectivity index (χ1) is 14.4. The monoisotopic (exact) mass is 404 g/mol. The van der Waals surface area contributed by atoms with Gasteiger partial charge in [-0.15, -0.1) is 0 Å². The molecule has 1 aromatic carbocycles. The van der Waals surface area contributed by atoms with E-state index in [4.69, 9.17) is 0 Å². The summed E-state index contributed by atoms with van der Waals surface area (Å²) in [5, 5.41) is 0. The number of hydrogen-bond donors (Lipinski definition) is 0. The summed E-state index contributed by atoms with van der Waals surface area (Å²) in [5.41, 5.74) is 8.70. The van der Waals surface area contributed by atoms with Gasteiger partial charge in [0.25, 0.3) is 0 Å². The van der Waals surface area contributed by atoms with Crippen molar-refractivity contribution >= 4 is 5.70 Å². The second-order valence-corrected chi connectivity index (χ2v) is 10.4. The van der Waals surface area contributed by atoms with Crippen LogP contribution in [0.2, 0.25) is 0 Å². The summed E-state index contributed by atoms with van der Waals surface area (Å²) in [6, 6.07) is 5.67. The van der Waals surface area contributed by atoms with Crippen molar-refractivity contribution < 1.29 is 0 Å². The smallest absolute Gasteiger partial charge is 0.0950 e. The Bertz CT molecular complexity index is 834. The minimum Gasteiger partial charge on any atom is -0.355 e. The van der Waals surface area contributed by atoms with Crippen molar-refractivity contribution in [1.82, 2.24) is 9.80 Å². The van der Waals surface area contributed by atoms with Crippen LogP contribution in [0.4, 0.5) is 0 Å². The van der Waals surface area contributed by atoms with Gasteiger partial charge in [0.1, 0.15) is 0 Å². The average molecular weight is 405 g/mol. The zero-order valence-corrected chi connectivity index (χ0v) is 19.9. The predicted octanol–water partition coefficient (Wildman–Crippen LogP) is 7.72. The molecule has 1 aliphatic carbocycles. The summed E-state index contributed by atoms with van der Waals surface area (Å²) < 4.78 is 0. The third-order valence-corrected chi connectivity index (χ3v) is 7.16. The van der Waals surface area contributed by atoms with Gasteiger partial charge in [-0.25, -0.2) is 0 Å². The summed E-state index contributed by atoms with van der Waals surface area (Å²) in [6.07, 6.45) is 16.2. The SMILES string of the molecule is CC(C)c1cc(C(C)C)c(C2=CC=CC3=CN(C4CCCCC4)CN32)c(C(C)C)c1. The zero-order valence-electron chi connectivity index (χ0n) is 19.9. The largest absolute Gasteiger partial charge is 0.355 e. The summed E-state index contributed by atoms with van der Waals surface area (Å²) in [6.45, 7) is 15.0. The zero-order chi connectivity index (χ0) is 21.4. The van der Waals surface area contributed by atoms with E-state index in [9.17, 15) is 0 Å². The summed E-state index contributed by atoms with van der Waals surface area (Å²) >= 11 is 0. The molecule has 0 spiro atoms. The van der Waals surface area contributed by atoms with Gasteiger partial charge < -0.3 is 9.80 Å². The van der Waals surface area contributed by atoms with Crippen LogP contribution in [0, 0.1) is 0 Å². The summed E-state index contributed by atoms with van der Waals surface area (Å²) in [5.74, 6) is 1.57. The molecule has 2 nitrogen and oxygen atoms in total. The summed E-state index contributed by atoms with van der Waals surface area (Å²) in [4.78, 5) is 5.18. The lowest BCUT2D eigenvalue weighted by Gasteiger charge is -2.35. The van der Waals surface area contributed by atoms with Crippen LogP contribution in [0.3, 0.4) is 0 Å². The van der Waals surface area contributed by atoms with Crippen LogP contribution in [-0.2, 0) is 0 Å². The van der Waals surface area contributed by atoms with E-state index in [2.05, 4.69) is 87.9 Å². The quantitative estimate of drug-likeness (QED) is 0.495. The Morgan fingerprint density at radius 1 is 0.833 bits per heavy atom. The first-order valence-corrected chi connectivity index (χ1v) is 12.2. The molecule has 0 amide bonds. The van der Waals surface area contributed by atoms with E-state index >= 15 is 0 Å². The number of benzene rings is 1. The molecule has 0 saturated heterocycles. The lowest BCUT2D eigenvalue weighted by Crippen LogP contribution is -2.35. The maximum absolute atomic E-state index is 2.62. The van der Waals surface area contributed by atoms with E-state index in [0.717, 1.165) is 6.67 Å². The Balaban J connectivity index is 1.76. The van der Waals surface area contributed by atoms with E-state index in [-0.39, 0.29) is 0 Å². The molecule has 3 aliphatic rings. The molecule has 0 atom stereocenters. The van der Waals surface area contributed by atoms with Crippen LogP contribution in [-0.4, -0.2) is 22.5 Å². The van der Waals surface area contributed by atoms with Gasteiger partial charge in [-0.3, -0.25) is 0 Å². The fraction of sp³-hybridized carbons (Fsp3) is 0.571. The van der Waals surface area contributed by atoms with Crippen LogP contribution in [0.15, 0.2) is 42.3 Å². The highest BCUT2D eigenvalue weighted by atomic mass is 15.4. The van der Waals surface area contributed by atoms with Crippen molar-refractivity contribution in [2.75, 3.05) is 6.67 Å². The van der Waals surface area contributed by atoms with Gasteiger partial charge in [-0.2, -0.15) is 0 Å². The number of allylic oxidation sites excluding steroid dienone is 3. The lowest BCUT2D eigenvalue weighted by atomic mass is 9.82. The second-order valence-electron chi connectivity index (χ2n) is 10.4. The van der Waals surface area contributed by atoms with Gasteiger partial charge >= 0.3 is 0 Å². The highest BCUT2D eigenvalue weighted by molar-refractivity contribution is 5.76. The molecule has 162 valence electrons. The molecule has 1 aromatic rings. The van der Waals surface area contributed by atoms with Crippen LogP contribution >= 0.6 is 0 Å². The molecular weight excluding hydrogens is 364 g/mol. The fourth-order valence-electron chi connectivity index (χ4n) is 5.30. The van der Waals surface area contributed by atoms with Gasteiger partial charge in [0.15, 0.2) is 0 Å². The lowest BCUT2D eigenvalue weighted by molar-refractivity contribution is 0.197. The fourth-order valence-corrected chi connectivity index (χ4v) is 5.30. The molecule has 4 rings (SSSR count). The van der Waals surface area contributed by atoms with Crippen molar-refractivity contribution in [3.05, 3.63) is 64.5 Å². The second kappa shape index (κ2) is 8.65. The van der Waals surface area contributed by atoms with E-state index in [0.29, 0.717) is 23.8 Å². The molecule has 2 heterocycles. The van der Waals surface area contributed by atoms with E-state index in [1.165, 1.54) is 65.8 Å². The van der Waals surface area contributed by atoms with E-state index in [1.807, 2.05) is 0 Å². The van der Waals surface area contributed by atoms with Crippen LogP contribution in [0.1, 0.15) is 114 Å². The van der Waals surface area contributed by atoms with E-state index < -0.39 is 0 Å².